The van der Waals surface area contributed by atoms with Crippen LogP contribution in [0.3, 0.4) is 0 Å². The Labute approximate surface area is 126 Å². The van der Waals surface area contributed by atoms with Crippen molar-refractivity contribution in [2.45, 2.75) is 90.7 Å². The minimum absolute atomic E-state index is 0.376. The minimum Gasteiger partial charge on any atom is -0.389 e. The number of hydrogen-bond acceptors (Lipinski definition) is 3. The molecule has 0 aliphatic carbocycles. The molecule has 0 radical (unpaired) electrons. The molecule has 0 bridgehead atoms. The number of nitrogens with one attached hydrogen (secondary N) is 1. The Hall–Kier alpha value is -0.120. The first-order chi connectivity index (χ1) is 9.70. The summed E-state index contributed by atoms with van der Waals surface area (Å²) in [6.07, 6.45) is 10.9. The van der Waals surface area contributed by atoms with E-state index in [4.69, 9.17) is 4.74 Å². The van der Waals surface area contributed by atoms with Crippen molar-refractivity contribution in [2.75, 3.05) is 19.8 Å². The first kappa shape index (κ1) is 19.9. The van der Waals surface area contributed by atoms with Gasteiger partial charge in [0.15, 0.2) is 0 Å². The van der Waals surface area contributed by atoms with Gasteiger partial charge in [-0.2, -0.15) is 0 Å². The molecular formula is C17H37NO2. The van der Waals surface area contributed by atoms with E-state index in [9.17, 15) is 5.11 Å². The lowest BCUT2D eigenvalue weighted by Crippen LogP contribution is -2.36. The van der Waals surface area contributed by atoms with Crippen LogP contribution in [0.5, 0.6) is 0 Å². The largest absolute Gasteiger partial charge is 0.389 e. The van der Waals surface area contributed by atoms with Gasteiger partial charge in [-0.15, -0.1) is 0 Å². The van der Waals surface area contributed by atoms with Gasteiger partial charge in [0.05, 0.1) is 12.7 Å². The number of unbranched alkanes of at least 4 members (excludes halogenated alkanes) is 6. The number of rotatable bonds is 15. The lowest BCUT2D eigenvalue weighted by molar-refractivity contribution is 0.0342. The van der Waals surface area contributed by atoms with Crippen LogP contribution in [0.25, 0.3) is 0 Å². The molecule has 0 aliphatic rings. The molecule has 0 fully saturated rings. The van der Waals surface area contributed by atoms with Gasteiger partial charge >= 0.3 is 0 Å². The second kappa shape index (κ2) is 15.3. The van der Waals surface area contributed by atoms with Crippen molar-refractivity contribution < 1.29 is 9.84 Å². The molecule has 2 atom stereocenters. The third-order valence-corrected chi connectivity index (χ3v) is 3.65. The summed E-state index contributed by atoms with van der Waals surface area (Å²) in [5, 5.41) is 13.2. The average Bonchev–Trinajstić information content (AvgIpc) is 2.45. The van der Waals surface area contributed by atoms with E-state index in [1.54, 1.807) is 0 Å². The molecule has 0 aromatic carbocycles. The van der Waals surface area contributed by atoms with Gasteiger partial charge in [0.25, 0.3) is 0 Å². The maximum absolute atomic E-state index is 9.82. The molecule has 20 heavy (non-hydrogen) atoms. The van der Waals surface area contributed by atoms with E-state index < -0.39 is 0 Å². The van der Waals surface area contributed by atoms with Crippen LogP contribution in [0.4, 0.5) is 0 Å². The third-order valence-electron chi connectivity index (χ3n) is 3.65. The number of hydrogen-bond donors (Lipinski definition) is 2. The molecule has 0 amide bonds. The Balaban J connectivity index is 3.31. The van der Waals surface area contributed by atoms with E-state index >= 15 is 0 Å². The Morgan fingerprint density at radius 2 is 1.60 bits per heavy atom. The van der Waals surface area contributed by atoms with E-state index in [1.165, 1.54) is 51.4 Å². The molecule has 3 heteroatoms. The van der Waals surface area contributed by atoms with Crippen LogP contribution in [0.1, 0.15) is 78.6 Å². The first-order valence-electron chi connectivity index (χ1n) is 8.69. The molecule has 2 unspecified atom stereocenters. The molecule has 3 nitrogen and oxygen atoms in total. The van der Waals surface area contributed by atoms with Crippen molar-refractivity contribution >= 4 is 0 Å². The summed E-state index contributed by atoms with van der Waals surface area (Å²) >= 11 is 0. The van der Waals surface area contributed by atoms with Gasteiger partial charge in [-0.1, -0.05) is 58.8 Å². The maximum atomic E-state index is 9.82. The maximum Gasteiger partial charge on any atom is 0.0897 e. The number of ether oxygens (including phenoxy) is 1. The highest BCUT2D eigenvalue weighted by Crippen LogP contribution is 2.05. The molecule has 0 heterocycles. The van der Waals surface area contributed by atoms with Gasteiger partial charge < -0.3 is 15.2 Å². The van der Waals surface area contributed by atoms with Crippen molar-refractivity contribution in [2.24, 2.45) is 0 Å². The van der Waals surface area contributed by atoms with Crippen LogP contribution in [0.15, 0.2) is 0 Å². The summed E-state index contributed by atoms with van der Waals surface area (Å²) in [4.78, 5) is 0. The molecule has 2 N–H and O–H groups in total. The number of aliphatic hydroxyl groups excluding tert-OH is 1. The van der Waals surface area contributed by atoms with Crippen LogP contribution in [-0.4, -0.2) is 37.0 Å². The molecule has 0 saturated heterocycles. The predicted octanol–water partition coefficient (Wildman–Crippen LogP) is 3.89. The van der Waals surface area contributed by atoms with E-state index in [0.717, 1.165) is 13.0 Å². The van der Waals surface area contributed by atoms with Crippen LogP contribution >= 0.6 is 0 Å². The molecule has 0 spiro atoms. The summed E-state index contributed by atoms with van der Waals surface area (Å²) in [7, 11) is 0. The molecule has 0 aromatic rings. The van der Waals surface area contributed by atoms with Crippen molar-refractivity contribution in [3.8, 4) is 0 Å². The Kier molecular flexibility index (Phi) is 15.2. The minimum atomic E-state index is -0.376. The fourth-order valence-corrected chi connectivity index (χ4v) is 2.23. The standard InChI is InChI=1S/C17H37NO2/c1-4-6-8-10-12-16(3)18-14-17(19)15-20-13-11-9-7-5-2/h16-19H,4-15H2,1-3H3. The van der Waals surface area contributed by atoms with Gasteiger partial charge in [-0.25, -0.2) is 0 Å². The van der Waals surface area contributed by atoms with E-state index in [2.05, 4.69) is 26.1 Å². The van der Waals surface area contributed by atoms with E-state index in [1.807, 2.05) is 0 Å². The highest BCUT2D eigenvalue weighted by molar-refractivity contribution is 4.65. The molecule has 122 valence electrons. The van der Waals surface area contributed by atoms with Gasteiger partial charge in [-0.05, 0) is 19.8 Å². The van der Waals surface area contributed by atoms with Crippen molar-refractivity contribution in [3.05, 3.63) is 0 Å². The zero-order chi connectivity index (χ0) is 15.1. The lowest BCUT2D eigenvalue weighted by Gasteiger charge is -2.17. The van der Waals surface area contributed by atoms with Gasteiger partial charge in [0.2, 0.25) is 0 Å². The van der Waals surface area contributed by atoms with Crippen LogP contribution in [-0.2, 0) is 4.74 Å². The number of aliphatic hydroxyl groups is 1. The molecule has 0 rings (SSSR count). The SMILES string of the molecule is CCCCCCOCC(O)CNC(C)CCCCCC. The summed E-state index contributed by atoms with van der Waals surface area (Å²) in [5.74, 6) is 0. The van der Waals surface area contributed by atoms with Crippen LogP contribution in [0, 0.1) is 0 Å². The Morgan fingerprint density at radius 1 is 0.950 bits per heavy atom. The van der Waals surface area contributed by atoms with Crippen molar-refractivity contribution in [3.63, 3.8) is 0 Å². The summed E-state index contributed by atoms with van der Waals surface area (Å²) < 4.78 is 5.50. The highest BCUT2D eigenvalue weighted by atomic mass is 16.5. The monoisotopic (exact) mass is 287 g/mol. The molecule has 0 aliphatic heterocycles. The normalized spacial score (nSPS) is 14.4. The average molecular weight is 287 g/mol. The summed E-state index contributed by atoms with van der Waals surface area (Å²) in [5.41, 5.74) is 0. The first-order valence-corrected chi connectivity index (χ1v) is 8.69. The lowest BCUT2D eigenvalue weighted by atomic mass is 10.1. The van der Waals surface area contributed by atoms with Crippen molar-refractivity contribution in [1.82, 2.24) is 5.32 Å². The van der Waals surface area contributed by atoms with Crippen LogP contribution in [0.2, 0.25) is 0 Å². The van der Waals surface area contributed by atoms with Crippen LogP contribution < -0.4 is 5.32 Å². The molecular weight excluding hydrogens is 250 g/mol. The van der Waals surface area contributed by atoms with E-state index in [0.29, 0.717) is 19.2 Å². The fraction of sp³-hybridized carbons (Fsp3) is 1.00. The smallest absolute Gasteiger partial charge is 0.0897 e. The predicted molar refractivity (Wildman–Crippen MR) is 87.2 cm³/mol. The molecule has 0 aromatic heterocycles. The molecule has 0 saturated carbocycles. The Morgan fingerprint density at radius 3 is 2.25 bits per heavy atom. The quantitative estimate of drug-likeness (QED) is 0.449. The van der Waals surface area contributed by atoms with Crippen molar-refractivity contribution in [1.29, 1.82) is 0 Å². The fourth-order valence-electron chi connectivity index (χ4n) is 2.23. The van der Waals surface area contributed by atoms with Gasteiger partial charge in [0, 0.05) is 19.2 Å². The summed E-state index contributed by atoms with van der Waals surface area (Å²) in [6.45, 7) is 8.53. The van der Waals surface area contributed by atoms with Gasteiger partial charge in [0.1, 0.15) is 0 Å². The summed E-state index contributed by atoms with van der Waals surface area (Å²) in [6, 6.07) is 0.492. The zero-order valence-corrected chi connectivity index (χ0v) is 14.0. The second-order valence-electron chi connectivity index (χ2n) is 5.95. The second-order valence-corrected chi connectivity index (χ2v) is 5.95. The zero-order valence-electron chi connectivity index (χ0n) is 14.0. The van der Waals surface area contributed by atoms with E-state index in [-0.39, 0.29) is 6.10 Å². The van der Waals surface area contributed by atoms with Gasteiger partial charge in [-0.3, -0.25) is 0 Å². The Bertz CT molecular complexity index is 188. The topological polar surface area (TPSA) is 41.5 Å². The highest BCUT2D eigenvalue weighted by Gasteiger charge is 2.07. The third kappa shape index (κ3) is 14.3.